The van der Waals surface area contributed by atoms with Crippen LogP contribution in [0.4, 0.5) is 0 Å². The largest absolute Gasteiger partial charge is 0.506 e. The lowest BCUT2D eigenvalue weighted by atomic mass is 10.2. The van der Waals surface area contributed by atoms with Gasteiger partial charge in [-0.05, 0) is 19.2 Å². The minimum atomic E-state index is 0.189. The van der Waals surface area contributed by atoms with Gasteiger partial charge in [-0.1, -0.05) is 0 Å². The van der Waals surface area contributed by atoms with Gasteiger partial charge in [0.2, 0.25) is 0 Å². The van der Waals surface area contributed by atoms with Crippen molar-refractivity contribution in [2.45, 2.75) is 6.42 Å². The lowest BCUT2D eigenvalue weighted by Gasteiger charge is -2.32. The maximum atomic E-state index is 9.64. The molecule has 5 heteroatoms. The van der Waals surface area contributed by atoms with Crippen LogP contribution in [0.3, 0.4) is 0 Å². The molecule has 0 aromatic carbocycles. The monoisotopic (exact) mass is 262 g/mol. The number of nitrogens with zero attached hydrogens (tertiary/aromatic N) is 4. The van der Waals surface area contributed by atoms with Crippen LogP contribution in [0.1, 0.15) is 11.4 Å². The van der Waals surface area contributed by atoms with Gasteiger partial charge in [-0.2, -0.15) is 0 Å². The molecule has 0 radical (unpaired) electrons. The fraction of sp³-hybridized carbons (Fsp3) is 0.571. The number of likely N-dealkylation sites (N-methyl/N-ethyl adjacent to an activating group) is 1. The minimum Gasteiger partial charge on any atom is -0.506 e. The van der Waals surface area contributed by atoms with Gasteiger partial charge >= 0.3 is 0 Å². The van der Waals surface area contributed by atoms with Crippen LogP contribution in [0.25, 0.3) is 0 Å². The first-order valence-electron chi connectivity index (χ1n) is 6.71. The number of aliphatic imine (C=N–C) groups is 1. The van der Waals surface area contributed by atoms with E-state index in [1.54, 1.807) is 19.3 Å². The summed E-state index contributed by atoms with van der Waals surface area (Å²) in [6.07, 6.45) is 2.50. The van der Waals surface area contributed by atoms with Crippen molar-refractivity contribution in [3.8, 4) is 5.75 Å². The molecule has 5 nitrogen and oxygen atoms in total. The van der Waals surface area contributed by atoms with E-state index in [0.29, 0.717) is 5.69 Å². The van der Waals surface area contributed by atoms with Gasteiger partial charge < -0.3 is 14.9 Å². The Kier molecular flexibility index (Phi) is 4.87. The van der Waals surface area contributed by atoms with Gasteiger partial charge in [0.25, 0.3) is 0 Å². The van der Waals surface area contributed by atoms with Gasteiger partial charge in [0.05, 0.1) is 6.21 Å². The molecule has 2 rings (SSSR count). The summed E-state index contributed by atoms with van der Waals surface area (Å²) in [5.74, 6) is 0.189. The Labute approximate surface area is 114 Å². The number of hydrogen-bond acceptors (Lipinski definition) is 5. The quantitative estimate of drug-likeness (QED) is 0.809. The second kappa shape index (κ2) is 6.63. The molecule has 19 heavy (non-hydrogen) atoms. The highest BCUT2D eigenvalue weighted by molar-refractivity contribution is 5.80. The Morgan fingerprint density at radius 1 is 1.32 bits per heavy atom. The first-order valence-corrected chi connectivity index (χ1v) is 6.71. The predicted molar refractivity (Wildman–Crippen MR) is 77.1 cm³/mol. The number of piperazine rings is 1. The molecule has 1 fully saturated rings. The Bertz CT molecular complexity index is 439. The molecule has 104 valence electrons. The summed E-state index contributed by atoms with van der Waals surface area (Å²) in [4.78, 5) is 13.1. The van der Waals surface area contributed by atoms with Crippen LogP contribution < -0.4 is 0 Å². The highest BCUT2D eigenvalue weighted by atomic mass is 16.3. The van der Waals surface area contributed by atoms with Gasteiger partial charge in [-0.3, -0.25) is 4.99 Å². The smallest absolute Gasteiger partial charge is 0.142 e. The van der Waals surface area contributed by atoms with Crippen molar-refractivity contribution in [2.24, 2.45) is 4.99 Å². The predicted octanol–water partition coefficient (Wildman–Crippen LogP) is 0.626. The van der Waals surface area contributed by atoms with Gasteiger partial charge in [-0.25, -0.2) is 4.98 Å². The molecule has 1 aliphatic heterocycles. The molecule has 0 amide bonds. The van der Waals surface area contributed by atoms with Gasteiger partial charge in [0.15, 0.2) is 0 Å². The molecule has 0 bridgehead atoms. The molecule has 1 aromatic rings. The molecule has 0 aliphatic carbocycles. The Hall–Kier alpha value is -1.46. The molecular formula is C14H22N4O. The summed E-state index contributed by atoms with van der Waals surface area (Å²) in [6, 6.07) is 3.59. The van der Waals surface area contributed by atoms with E-state index in [-0.39, 0.29) is 5.75 Å². The lowest BCUT2D eigenvalue weighted by Crippen LogP contribution is -2.45. The normalized spacial score (nSPS) is 18.2. The summed E-state index contributed by atoms with van der Waals surface area (Å²) >= 11 is 0. The van der Waals surface area contributed by atoms with Crippen molar-refractivity contribution in [3.63, 3.8) is 0 Å². The number of pyridine rings is 1. The highest BCUT2D eigenvalue weighted by Crippen LogP contribution is 2.13. The van der Waals surface area contributed by atoms with E-state index in [1.165, 1.54) is 0 Å². The fourth-order valence-electron chi connectivity index (χ4n) is 2.21. The Morgan fingerprint density at radius 3 is 2.74 bits per heavy atom. The summed E-state index contributed by atoms with van der Waals surface area (Å²) in [7, 11) is 3.84. The zero-order valence-corrected chi connectivity index (χ0v) is 11.7. The fourth-order valence-corrected chi connectivity index (χ4v) is 2.21. The first-order chi connectivity index (χ1) is 9.19. The van der Waals surface area contributed by atoms with Crippen LogP contribution in [0, 0.1) is 0 Å². The molecule has 2 heterocycles. The molecule has 1 aromatic heterocycles. The number of hydrogen-bond donors (Lipinski definition) is 1. The van der Waals surface area contributed by atoms with Crippen LogP contribution in [0.2, 0.25) is 0 Å². The van der Waals surface area contributed by atoms with E-state index < -0.39 is 0 Å². The van der Waals surface area contributed by atoms with E-state index in [1.807, 2.05) is 6.07 Å². The topological polar surface area (TPSA) is 52.0 Å². The van der Waals surface area contributed by atoms with Crippen molar-refractivity contribution in [1.29, 1.82) is 0 Å². The van der Waals surface area contributed by atoms with Crippen molar-refractivity contribution in [3.05, 3.63) is 23.5 Å². The van der Waals surface area contributed by atoms with E-state index in [4.69, 9.17) is 0 Å². The van der Waals surface area contributed by atoms with Gasteiger partial charge in [0, 0.05) is 51.9 Å². The van der Waals surface area contributed by atoms with Crippen molar-refractivity contribution >= 4 is 6.21 Å². The zero-order chi connectivity index (χ0) is 13.7. The number of aromatic hydroxyl groups is 1. The van der Waals surface area contributed by atoms with Crippen LogP contribution in [0.5, 0.6) is 5.75 Å². The first kappa shape index (κ1) is 14.0. The SMILES string of the molecule is CN=Cc1nc(CCN2CCN(C)CC2)ccc1O. The average Bonchev–Trinajstić information content (AvgIpc) is 2.42. The summed E-state index contributed by atoms with van der Waals surface area (Å²) in [6.45, 7) is 5.54. The average molecular weight is 262 g/mol. The molecule has 1 aliphatic rings. The third-order valence-corrected chi connectivity index (χ3v) is 3.49. The number of rotatable bonds is 4. The third-order valence-electron chi connectivity index (χ3n) is 3.49. The summed E-state index contributed by atoms with van der Waals surface area (Å²) in [5, 5.41) is 9.64. The van der Waals surface area contributed by atoms with Crippen molar-refractivity contribution in [1.82, 2.24) is 14.8 Å². The summed E-state index contributed by atoms with van der Waals surface area (Å²) < 4.78 is 0. The molecule has 0 unspecified atom stereocenters. The molecule has 0 saturated carbocycles. The molecular weight excluding hydrogens is 240 g/mol. The molecule has 0 spiro atoms. The van der Waals surface area contributed by atoms with Crippen LogP contribution in [-0.4, -0.2) is 72.9 Å². The van der Waals surface area contributed by atoms with E-state index in [9.17, 15) is 5.11 Å². The van der Waals surface area contributed by atoms with E-state index >= 15 is 0 Å². The van der Waals surface area contributed by atoms with Crippen molar-refractivity contribution < 1.29 is 5.11 Å². The molecule has 0 atom stereocenters. The zero-order valence-electron chi connectivity index (χ0n) is 11.7. The van der Waals surface area contributed by atoms with Crippen LogP contribution in [-0.2, 0) is 6.42 Å². The minimum absolute atomic E-state index is 0.189. The lowest BCUT2D eigenvalue weighted by molar-refractivity contribution is 0.155. The van der Waals surface area contributed by atoms with Gasteiger partial charge in [0.1, 0.15) is 11.4 Å². The molecule has 1 N–H and O–H groups in total. The van der Waals surface area contributed by atoms with Gasteiger partial charge in [-0.15, -0.1) is 0 Å². The third kappa shape index (κ3) is 4.01. The Balaban J connectivity index is 1.90. The second-order valence-corrected chi connectivity index (χ2v) is 4.99. The van der Waals surface area contributed by atoms with Crippen LogP contribution >= 0.6 is 0 Å². The van der Waals surface area contributed by atoms with E-state index in [0.717, 1.165) is 44.8 Å². The van der Waals surface area contributed by atoms with Crippen LogP contribution in [0.15, 0.2) is 17.1 Å². The van der Waals surface area contributed by atoms with Crippen molar-refractivity contribution in [2.75, 3.05) is 46.8 Å². The molecule has 1 saturated heterocycles. The maximum Gasteiger partial charge on any atom is 0.142 e. The second-order valence-electron chi connectivity index (χ2n) is 4.99. The Morgan fingerprint density at radius 2 is 2.05 bits per heavy atom. The standard InChI is InChI=1S/C14H22N4O/c1-15-11-13-14(19)4-3-12(16-13)5-6-18-9-7-17(2)8-10-18/h3-4,11,19H,5-10H2,1-2H3. The number of aromatic nitrogens is 1. The maximum absolute atomic E-state index is 9.64. The highest BCUT2D eigenvalue weighted by Gasteiger charge is 2.13. The summed E-state index contributed by atoms with van der Waals surface area (Å²) in [5.41, 5.74) is 1.56. The van der Waals surface area contributed by atoms with E-state index in [2.05, 4.69) is 26.8 Å².